The Morgan fingerprint density at radius 3 is 2.84 bits per heavy atom. The van der Waals surface area contributed by atoms with Crippen molar-refractivity contribution >= 4 is 44.5 Å². The number of fused-ring (bicyclic) bond motifs is 1. The van der Waals surface area contributed by atoms with E-state index in [4.69, 9.17) is 0 Å². The van der Waals surface area contributed by atoms with E-state index in [0.29, 0.717) is 28.6 Å². The molecule has 134 valence electrons. The van der Waals surface area contributed by atoms with Gasteiger partial charge in [-0.1, -0.05) is 40.5 Å². The molecule has 1 aliphatic rings. The number of carbonyl (C=O) groups excluding carboxylic acids is 1. The molecule has 0 aliphatic heterocycles. The fourth-order valence-electron chi connectivity index (χ4n) is 3.14. The molecule has 25 heavy (non-hydrogen) atoms. The lowest BCUT2D eigenvalue weighted by atomic mass is 10.2. The van der Waals surface area contributed by atoms with Gasteiger partial charge < -0.3 is 5.32 Å². The molecule has 0 radical (unpaired) electrons. The van der Waals surface area contributed by atoms with Crippen LogP contribution in [0.3, 0.4) is 0 Å². The van der Waals surface area contributed by atoms with Gasteiger partial charge in [-0.15, -0.1) is 0 Å². The lowest BCUT2D eigenvalue weighted by Crippen LogP contribution is -2.38. The molecular weight excluding hydrogens is 402 g/mol. The SMILES string of the molecule is CCn1c(SC(C)C(=O)NC2CCCC2)nc2ccc(Br)cc2c1=O. The molecule has 1 aromatic carbocycles. The highest BCUT2D eigenvalue weighted by Gasteiger charge is 2.23. The number of benzene rings is 1. The highest BCUT2D eigenvalue weighted by Crippen LogP contribution is 2.25. The monoisotopic (exact) mass is 423 g/mol. The summed E-state index contributed by atoms with van der Waals surface area (Å²) in [5.74, 6) is 0.0182. The number of nitrogens with zero attached hydrogens (tertiary/aromatic N) is 2. The molecule has 0 bridgehead atoms. The summed E-state index contributed by atoms with van der Waals surface area (Å²) in [5, 5.41) is 4.00. The van der Waals surface area contributed by atoms with Gasteiger partial charge in [0.25, 0.3) is 5.56 Å². The van der Waals surface area contributed by atoms with E-state index in [9.17, 15) is 9.59 Å². The van der Waals surface area contributed by atoms with Gasteiger partial charge in [0.2, 0.25) is 5.91 Å². The Labute approximate surface area is 159 Å². The van der Waals surface area contributed by atoms with Crippen molar-refractivity contribution in [1.29, 1.82) is 0 Å². The zero-order valence-electron chi connectivity index (χ0n) is 14.4. The van der Waals surface area contributed by atoms with Gasteiger partial charge in [-0.2, -0.15) is 0 Å². The van der Waals surface area contributed by atoms with Gasteiger partial charge in [0.1, 0.15) is 0 Å². The molecule has 1 atom stereocenters. The van der Waals surface area contributed by atoms with Crippen LogP contribution >= 0.6 is 27.7 Å². The van der Waals surface area contributed by atoms with Crippen molar-refractivity contribution in [2.45, 2.75) is 62.5 Å². The van der Waals surface area contributed by atoms with Crippen molar-refractivity contribution in [3.63, 3.8) is 0 Å². The lowest BCUT2D eigenvalue weighted by molar-refractivity contribution is -0.120. The summed E-state index contributed by atoms with van der Waals surface area (Å²) < 4.78 is 2.49. The van der Waals surface area contributed by atoms with E-state index in [1.807, 2.05) is 26.0 Å². The second-order valence-electron chi connectivity index (χ2n) is 6.36. The topological polar surface area (TPSA) is 64.0 Å². The van der Waals surface area contributed by atoms with E-state index in [-0.39, 0.29) is 16.7 Å². The molecule has 1 N–H and O–H groups in total. The van der Waals surface area contributed by atoms with Crippen LogP contribution in [0.1, 0.15) is 39.5 Å². The van der Waals surface area contributed by atoms with Crippen LogP contribution in [0.5, 0.6) is 0 Å². The van der Waals surface area contributed by atoms with Crippen LogP contribution in [0.25, 0.3) is 10.9 Å². The van der Waals surface area contributed by atoms with Crippen LogP contribution in [0.4, 0.5) is 0 Å². The summed E-state index contributed by atoms with van der Waals surface area (Å²) in [5.41, 5.74) is 0.587. The average molecular weight is 424 g/mol. The number of aromatic nitrogens is 2. The molecular formula is C18H22BrN3O2S. The molecule has 2 aromatic rings. The fraction of sp³-hybridized carbons (Fsp3) is 0.500. The minimum atomic E-state index is -0.293. The maximum absolute atomic E-state index is 12.8. The van der Waals surface area contributed by atoms with Gasteiger partial charge in [-0.05, 0) is 44.9 Å². The zero-order valence-corrected chi connectivity index (χ0v) is 16.8. The lowest BCUT2D eigenvalue weighted by Gasteiger charge is -2.18. The van der Waals surface area contributed by atoms with E-state index >= 15 is 0 Å². The summed E-state index contributed by atoms with van der Waals surface area (Å²) in [4.78, 5) is 29.8. The molecule has 1 fully saturated rings. The summed E-state index contributed by atoms with van der Waals surface area (Å²) in [6.45, 7) is 4.31. The molecule has 0 saturated heterocycles. The van der Waals surface area contributed by atoms with E-state index < -0.39 is 0 Å². The Kier molecular flexibility index (Phi) is 5.84. The van der Waals surface area contributed by atoms with Gasteiger partial charge in [-0.25, -0.2) is 4.98 Å². The van der Waals surface area contributed by atoms with E-state index in [1.54, 1.807) is 10.6 Å². The van der Waals surface area contributed by atoms with Crippen molar-refractivity contribution in [2.24, 2.45) is 0 Å². The Bertz CT molecular complexity index is 846. The predicted molar refractivity (Wildman–Crippen MR) is 105 cm³/mol. The van der Waals surface area contributed by atoms with Crippen LogP contribution in [-0.4, -0.2) is 26.8 Å². The molecule has 5 nitrogen and oxygen atoms in total. The molecule has 1 amide bonds. The third-order valence-corrected chi connectivity index (χ3v) is 6.13. The van der Waals surface area contributed by atoms with Crippen LogP contribution in [0, 0.1) is 0 Å². The fourth-order valence-corrected chi connectivity index (χ4v) is 4.48. The van der Waals surface area contributed by atoms with E-state index in [2.05, 4.69) is 26.2 Å². The Balaban J connectivity index is 1.85. The number of halogens is 1. The molecule has 1 aliphatic carbocycles. The predicted octanol–water partition coefficient (Wildman–Crippen LogP) is 3.72. The minimum Gasteiger partial charge on any atom is -0.352 e. The van der Waals surface area contributed by atoms with E-state index in [0.717, 1.165) is 17.3 Å². The standard InChI is InChI=1S/C18H22BrN3O2S/c1-3-22-17(24)14-10-12(19)8-9-15(14)21-18(22)25-11(2)16(23)20-13-6-4-5-7-13/h8-11,13H,3-7H2,1-2H3,(H,20,23). The highest BCUT2D eigenvalue weighted by molar-refractivity contribution is 9.10. The van der Waals surface area contributed by atoms with Crippen LogP contribution in [0.15, 0.2) is 32.6 Å². The van der Waals surface area contributed by atoms with Crippen LogP contribution in [0.2, 0.25) is 0 Å². The van der Waals surface area contributed by atoms with Crippen LogP contribution in [-0.2, 0) is 11.3 Å². The van der Waals surface area contributed by atoms with Crippen molar-refractivity contribution in [3.8, 4) is 0 Å². The number of nitrogens with one attached hydrogen (secondary N) is 1. The van der Waals surface area contributed by atoms with Crippen molar-refractivity contribution in [1.82, 2.24) is 14.9 Å². The Morgan fingerprint density at radius 2 is 2.16 bits per heavy atom. The van der Waals surface area contributed by atoms with Crippen LogP contribution < -0.4 is 10.9 Å². The first-order valence-corrected chi connectivity index (χ1v) is 10.3. The summed E-state index contributed by atoms with van der Waals surface area (Å²) in [6, 6.07) is 5.79. The maximum atomic E-state index is 12.8. The molecule has 1 unspecified atom stereocenters. The van der Waals surface area contributed by atoms with Crippen molar-refractivity contribution in [3.05, 3.63) is 33.0 Å². The average Bonchev–Trinajstić information content (AvgIpc) is 3.09. The number of thioether (sulfide) groups is 1. The van der Waals surface area contributed by atoms with Gasteiger partial charge in [0.05, 0.1) is 16.2 Å². The second kappa shape index (κ2) is 7.91. The van der Waals surface area contributed by atoms with Gasteiger partial charge in [-0.3, -0.25) is 14.2 Å². The van der Waals surface area contributed by atoms with Gasteiger partial charge in [0.15, 0.2) is 5.16 Å². The van der Waals surface area contributed by atoms with E-state index in [1.165, 1.54) is 24.6 Å². The smallest absolute Gasteiger partial charge is 0.262 e. The molecule has 1 aromatic heterocycles. The quantitative estimate of drug-likeness (QED) is 0.587. The molecule has 3 rings (SSSR count). The van der Waals surface area contributed by atoms with Crippen molar-refractivity contribution < 1.29 is 4.79 Å². The number of amides is 1. The maximum Gasteiger partial charge on any atom is 0.262 e. The third kappa shape index (κ3) is 4.08. The van der Waals surface area contributed by atoms with Gasteiger partial charge in [0, 0.05) is 17.1 Å². The Morgan fingerprint density at radius 1 is 1.44 bits per heavy atom. The van der Waals surface area contributed by atoms with Crippen molar-refractivity contribution in [2.75, 3.05) is 0 Å². The Hall–Kier alpha value is -1.34. The molecule has 1 saturated carbocycles. The number of carbonyl (C=O) groups is 1. The third-order valence-electron chi connectivity index (χ3n) is 4.55. The normalized spacial score (nSPS) is 16.3. The first kappa shape index (κ1) is 18.5. The molecule has 0 spiro atoms. The van der Waals surface area contributed by atoms with Gasteiger partial charge >= 0.3 is 0 Å². The highest BCUT2D eigenvalue weighted by atomic mass is 79.9. The molecule has 1 heterocycles. The first-order valence-electron chi connectivity index (χ1n) is 8.66. The summed E-state index contributed by atoms with van der Waals surface area (Å²) >= 11 is 4.75. The number of hydrogen-bond donors (Lipinski definition) is 1. The number of hydrogen-bond acceptors (Lipinski definition) is 4. The summed E-state index contributed by atoms with van der Waals surface area (Å²) in [7, 11) is 0. The minimum absolute atomic E-state index is 0.0182. The number of rotatable bonds is 5. The summed E-state index contributed by atoms with van der Waals surface area (Å²) in [6.07, 6.45) is 4.49. The second-order valence-corrected chi connectivity index (χ2v) is 8.58. The molecule has 7 heteroatoms. The largest absolute Gasteiger partial charge is 0.352 e. The zero-order chi connectivity index (χ0) is 18.0. The first-order chi connectivity index (χ1) is 12.0.